The fraction of sp³-hybridized carbons (Fsp3) is 0.167. The monoisotopic (exact) mass is 215 g/mol. The summed E-state index contributed by atoms with van der Waals surface area (Å²) in [5, 5.41) is 4.05. The van der Waals surface area contributed by atoms with Crippen molar-refractivity contribution >= 4 is 5.97 Å². The molecule has 0 bridgehead atoms. The average Bonchev–Trinajstić information content (AvgIpc) is 2.80. The third-order valence-corrected chi connectivity index (χ3v) is 2.02. The highest BCUT2D eigenvalue weighted by molar-refractivity contribution is 5.88. The van der Waals surface area contributed by atoms with Crippen LogP contribution in [0.5, 0.6) is 0 Å². The van der Waals surface area contributed by atoms with Crippen LogP contribution in [0.4, 0.5) is 0 Å². The lowest BCUT2D eigenvalue weighted by molar-refractivity contribution is 0.0526. The molecule has 0 saturated carbocycles. The summed E-state index contributed by atoms with van der Waals surface area (Å²) in [6, 6.07) is 9.49. The third-order valence-electron chi connectivity index (χ3n) is 2.02. The first-order chi connectivity index (χ1) is 7.81. The Morgan fingerprint density at radius 1 is 1.44 bits per heavy atom. The highest BCUT2D eigenvalue weighted by Gasteiger charge is 2.10. The molecule has 1 heterocycles. The van der Waals surface area contributed by atoms with E-state index < -0.39 is 5.97 Å². The average molecular weight is 215 g/mol. The SMILES string of the molecule is CCOC(=O)c1[c]n(-c2ccccc2)nc1. The second-order valence-corrected chi connectivity index (χ2v) is 3.14. The highest BCUT2D eigenvalue weighted by atomic mass is 16.5. The van der Waals surface area contributed by atoms with Crippen molar-refractivity contribution in [2.75, 3.05) is 6.61 Å². The minimum absolute atomic E-state index is 0.339. The van der Waals surface area contributed by atoms with E-state index in [1.165, 1.54) is 10.9 Å². The molecule has 0 saturated heterocycles. The Hall–Kier alpha value is -2.10. The van der Waals surface area contributed by atoms with Gasteiger partial charge in [0.05, 0.1) is 18.5 Å². The quantitative estimate of drug-likeness (QED) is 0.734. The number of carbonyl (C=O) groups is 1. The van der Waals surface area contributed by atoms with Crippen LogP contribution >= 0.6 is 0 Å². The summed E-state index contributed by atoms with van der Waals surface area (Å²) in [7, 11) is 0. The smallest absolute Gasteiger partial charge is 0.342 e. The van der Waals surface area contributed by atoms with Crippen molar-refractivity contribution in [3.05, 3.63) is 48.3 Å². The number of ether oxygens (including phenoxy) is 1. The van der Waals surface area contributed by atoms with Crippen molar-refractivity contribution in [2.45, 2.75) is 6.92 Å². The largest absolute Gasteiger partial charge is 0.462 e. The lowest BCUT2D eigenvalue weighted by Gasteiger charge is -1.98. The Labute approximate surface area is 93.5 Å². The number of para-hydroxylation sites is 1. The molecule has 0 aliphatic carbocycles. The van der Waals surface area contributed by atoms with Crippen LogP contribution in [0, 0.1) is 6.20 Å². The van der Waals surface area contributed by atoms with Crippen molar-refractivity contribution in [2.24, 2.45) is 0 Å². The van der Waals surface area contributed by atoms with Crippen molar-refractivity contribution in [3.8, 4) is 5.69 Å². The number of aromatic nitrogens is 2. The molecule has 0 fully saturated rings. The van der Waals surface area contributed by atoms with Crippen LogP contribution in [0.1, 0.15) is 17.3 Å². The van der Waals surface area contributed by atoms with Crippen LogP contribution in [-0.2, 0) is 4.74 Å². The van der Waals surface area contributed by atoms with E-state index in [-0.39, 0.29) is 0 Å². The number of carbonyl (C=O) groups excluding carboxylic acids is 1. The summed E-state index contributed by atoms with van der Waals surface area (Å²) < 4.78 is 6.37. The van der Waals surface area contributed by atoms with Gasteiger partial charge in [-0.25, -0.2) is 9.48 Å². The standard InChI is InChI=1S/C12H11N2O2/c1-2-16-12(15)10-8-13-14(9-10)11-6-4-3-5-7-11/h3-8H,2H2,1H3. The maximum Gasteiger partial charge on any atom is 0.342 e. The van der Waals surface area contributed by atoms with Gasteiger partial charge in [-0.05, 0) is 19.1 Å². The first-order valence-corrected chi connectivity index (χ1v) is 5.01. The molecule has 0 spiro atoms. The molecule has 1 aromatic heterocycles. The molecule has 1 radical (unpaired) electrons. The van der Waals surface area contributed by atoms with Gasteiger partial charge in [0.1, 0.15) is 11.8 Å². The molecule has 0 aliphatic heterocycles. The van der Waals surface area contributed by atoms with E-state index in [1.54, 1.807) is 6.92 Å². The number of rotatable bonds is 3. The molecule has 0 amide bonds. The van der Waals surface area contributed by atoms with E-state index >= 15 is 0 Å². The van der Waals surface area contributed by atoms with Crippen LogP contribution in [-0.4, -0.2) is 22.4 Å². The summed E-state index contributed by atoms with van der Waals surface area (Å²) in [6.07, 6.45) is 4.29. The minimum atomic E-state index is -0.398. The van der Waals surface area contributed by atoms with Gasteiger partial charge in [0.25, 0.3) is 0 Å². The van der Waals surface area contributed by atoms with E-state index in [4.69, 9.17) is 4.74 Å². The van der Waals surface area contributed by atoms with Crippen LogP contribution in [0.2, 0.25) is 0 Å². The first kappa shape index (κ1) is 10.4. The number of nitrogens with zero attached hydrogens (tertiary/aromatic N) is 2. The molecule has 0 unspecified atom stereocenters. The molecule has 1 aromatic carbocycles. The summed E-state index contributed by atoms with van der Waals surface area (Å²) in [4.78, 5) is 11.4. The van der Waals surface area contributed by atoms with Gasteiger partial charge in [0.2, 0.25) is 0 Å². The molecule has 0 N–H and O–H groups in total. The fourth-order valence-corrected chi connectivity index (χ4v) is 1.29. The van der Waals surface area contributed by atoms with Gasteiger partial charge in [0.15, 0.2) is 0 Å². The van der Waals surface area contributed by atoms with Gasteiger partial charge >= 0.3 is 5.97 Å². The predicted octanol–water partition coefficient (Wildman–Crippen LogP) is 1.85. The van der Waals surface area contributed by atoms with Crippen LogP contribution < -0.4 is 0 Å². The molecule has 4 heteroatoms. The lowest BCUT2D eigenvalue weighted by Crippen LogP contribution is -2.03. The van der Waals surface area contributed by atoms with Gasteiger partial charge in [-0.3, -0.25) is 0 Å². The summed E-state index contributed by atoms with van der Waals surface area (Å²) in [5.41, 5.74) is 1.20. The summed E-state index contributed by atoms with van der Waals surface area (Å²) in [5.74, 6) is -0.398. The van der Waals surface area contributed by atoms with Crippen LogP contribution in [0.15, 0.2) is 36.5 Å². The normalized spacial score (nSPS) is 10.1. The van der Waals surface area contributed by atoms with Crippen molar-refractivity contribution in [1.29, 1.82) is 0 Å². The molecule has 81 valence electrons. The fourth-order valence-electron chi connectivity index (χ4n) is 1.29. The molecular weight excluding hydrogens is 204 g/mol. The number of hydrogen-bond acceptors (Lipinski definition) is 3. The zero-order valence-electron chi connectivity index (χ0n) is 8.88. The van der Waals surface area contributed by atoms with Gasteiger partial charge in [-0.15, -0.1) is 0 Å². The second kappa shape index (κ2) is 4.61. The Kier molecular flexibility index (Phi) is 3.00. The number of esters is 1. The lowest BCUT2D eigenvalue weighted by atomic mass is 10.3. The Bertz CT molecular complexity index is 477. The Morgan fingerprint density at radius 3 is 2.88 bits per heavy atom. The molecule has 16 heavy (non-hydrogen) atoms. The second-order valence-electron chi connectivity index (χ2n) is 3.14. The van der Waals surface area contributed by atoms with E-state index in [9.17, 15) is 4.79 Å². The first-order valence-electron chi connectivity index (χ1n) is 5.01. The van der Waals surface area contributed by atoms with E-state index in [0.717, 1.165) is 5.69 Å². The molecule has 2 rings (SSSR count). The van der Waals surface area contributed by atoms with Crippen molar-refractivity contribution in [3.63, 3.8) is 0 Å². The highest BCUT2D eigenvalue weighted by Crippen LogP contribution is 2.07. The maximum absolute atomic E-state index is 11.4. The zero-order valence-corrected chi connectivity index (χ0v) is 8.88. The topological polar surface area (TPSA) is 44.1 Å². The number of hydrogen-bond donors (Lipinski definition) is 0. The minimum Gasteiger partial charge on any atom is -0.462 e. The summed E-state index contributed by atoms with van der Waals surface area (Å²) >= 11 is 0. The predicted molar refractivity (Wildman–Crippen MR) is 58.4 cm³/mol. The molecule has 2 aromatic rings. The Morgan fingerprint density at radius 2 is 2.19 bits per heavy atom. The van der Waals surface area contributed by atoms with Crippen LogP contribution in [0.25, 0.3) is 5.69 Å². The molecule has 4 nitrogen and oxygen atoms in total. The van der Waals surface area contributed by atoms with Gasteiger partial charge in [-0.1, -0.05) is 18.2 Å². The Balaban J connectivity index is 2.23. The number of benzene rings is 1. The molecular formula is C12H11N2O2. The van der Waals surface area contributed by atoms with Gasteiger partial charge < -0.3 is 4.74 Å². The maximum atomic E-state index is 11.4. The zero-order chi connectivity index (χ0) is 11.4. The van der Waals surface area contributed by atoms with Gasteiger partial charge in [-0.2, -0.15) is 5.10 Å². The van der Waals surface area contributed by atoms with Crippen molar-refractivity contribution in [1.82, 2.24) is 9.78 Å². The molecule has 0 aliphatic rings. The van der Waals surface area contributed by atoms with E-state index in [2.05, 4.69) is 11.3 Å². The van der Waals surface area contributed by atoms with Gasteiger partial charge in [0, 0.05) is 0 Å². The van der Waals surface area contributed by atoms with E-state index in [1.807, 2.05) is 30.3 Å². The van der Waals surface area contributed by atoms with Crippen LogP contribution in [0.3, 0.4) is 0 Å². The molecule has 0 atom stereocenters. The van der Waals surface area contributed by atoms with Crippen molar-refractivity contribution < 1.29 is 9.53 Å². The summed E-state index contributed by atoms with van der Waals surface area (Å²) in [6.45, 7) is 2.11. The van der Waals surface area contributed by atoms with E-state index in [0.29, 0.717) is 12.2 Å². The third kappa shape index (κ3) is 2.11.